The van der Waals surface area contributed by atoms with Crippen LogP contribution in [0.15, 0.2) is 36.4 Å². The lowest BCUT2D eigenvalue weighted by Gasteiger charge is -1.97. The Hall–Kier alpha value is -1.56. The summed E-state index contributed by atoms with van der Waals surface area (Å²) >= 11 is 0. The van der Waals surface area contributed by atoms with E-state index in [2.05, 4.69) is 36.4 Å². The third-order valence-corrected chi connectivity index (χ3v) is 2.58. The Morgan fingerprint density at radius 1 is 0.846 bits per heavy atom. The summed E-state index contributed by atoms with van der Waals surface area (Å²) in [6.45, 7) is 0. The molecular formula is C13H8. The molecule has 0 atom stereocenters. The molecule has 0 unspecified atom stereocenters. The molecule has 1 aliphatic rings. The summed E-state index contributed by atoms with van der Waals surface area (Å²) in [6.07, 6.45) is 1.05. The molecule has 3 rings (SSSR count). The Balaban J connectivity index is 2.32. The highest BCUT2D eigenvalue weighted by molar-refractivity contribution is 5.76. The molecule has 0 amide bonds. The van der Waals surface area contributed by atoms with E-state index >= 15 is 0 Å². The average Bonchev–Trinajstić information content (AvgIpc) is 2.56. The zero-order chi connectivity index (χ0) is 8.67. The van der Waals surface area contributed by atoms with Crippen LogP contribution in [0.25, 0.3) is 11.1 Å². The predicted octanol–water partition coefficient (Wildman–Crippen LogP) is 2.86. The van der Waals surface area contributed by atoms with Crippen LogP contribution in [-0.2, 0) is 6.42 Å². The van der Waals surface area contributed by atoms with Gasteiger partial charge in [-0.25, -0.2) is 0 Å². The van der Waals surface area contributed by atoms with E-state index in [1.807, 2.05) is 12.1 Å². The van der Waals surface area contributed by atoms with Crippen LogP contribution in [-0.4, -0.2) is 0 Å². The summed E-state index contributed by atoms with van der Waals surface area (Å²) in [7, 11) is 0. The average molecular weight is 164 g/mol. The van der Waals surface area contributed by atoms with Gasteiger partial charge in [0, 0.05) is 0 Å². The van der Waals surface area contributed by atoms with Crippen molar-refractivity contribution in [2.75, 3.05) is 0 Å². The van der Waals surface area contributed by atoms with Gasteiger partial charge >= 0.3 is 0 Å². The number of rotatable bonds is 0. The second-order valence-electron chi connectivity index (χ2n) is 3.34. The highest BCUT2D eigenvalue weighted by Crippen LogP contribution is 2.35. The molecule has 0 aromatic heterocycles. The first kappa shape index (κ1) is 6.90. The number of benzene rings is 2. The van der Waals surface area contributed by atoms with E-state index in [1.54, 1.807) is 0 Å². The maximum atomic E-state index is 3.12. The number of fused-ring (bicyclic) bond motifs is 3. The third-order valence-electron chi connectivity index (χ3n) is 2.58. The largest absolute Gasteiger partial charge is 0.0575 e. The SMILES string of the molecule is [c]1ccc2c(c1)Cc1cc[c]cc1-2. The molecule has 0 fully saturated rings. The molecule has 2 aromatic rings. The van der Waals surface area contributed by atoms with Crippen LogP contribution in [0.3, 0.4) is 0 Å². The van der Waals surface area contributed by atoms with Crippen LogP contribution in [0.1, 0.15) is 11.1 Å². The van der Waals surface area contributed by atoms with Gasteiger partial charge in [0.15, 0.2) is 0 Å². The summed E-state index contributed by atoms with van der Waals surface area (Å²) in [5.74, 6) is 0. The Kier molecular flexibility index (Phi) is 1.31. The molecule has 2 radical (unpaired) electrons. The molecule has 0 aliphatic heterocycles. The van der Waals surface area contributed by atoms with E-state index in [1.165, 1.54) is 22.3 Å². The topological polar surface area (TPSA) is 0 Å². The maximum absolute atomic E-state index is 3.12. The minimum absolute atomic E-state index is 1.05. The van der Waals surface area contributed by atoms with Gasteiger partial charge < -0.3 is 0 Å². The molecule has 0 heterocycles. The van der Waals surface area contributed by atoms with Crippen molar-refractivity contribution in [3.05, 3.63) is 59.7 Å². The van der Waals surface area contributed by atoms with Crippen LogP contribution in [0.2, 0.25) is 0 Å². The van der Waals surface area contributed by atoms with Gasteiger partial charge in [0.2, 0.25) is 0 Å². The van der Waals surface area contributed by atoms with E-state index in [-0.39, 0.29) is 0 Å². The zero-order valence-corrected chi connectivity index (χ0v) is 7.17. The zero-order valence-electron chi connectivity index (χ0n) is 7.17. The van der Waals surface area contributed by atoms with Crippen molar-refractivity contribution < 1.29 is 0 Å². The Morgan fingerprint density at radius 3 is 2.69 bits per heavy atom. The minimum Gasteiger partial charge on any atom is -0.0575 e. The molecule has 0 bridgehead atoms. The van der Waals surface area contributed by atoms with Crippen molar-refractivity contribution in [3.63, 3.8) is 0 Å². The second kappa shape index (κ2) is 2.46. The van der Waals surface area contributed by atoms with E-state index < -0.39 is 0 Å². The monoisotopic (exact) mass is 164 g/mol. The van der Waals surface area contributed by atoms with Gasteiger partial charge in [-0.15, -0.1) is 0 Å². The van der Waals surface area contributed by atoms with Crippen molar-refractivity contribution in [1.82, 2.24) is 0 Å². The van der Waals surface area contributed by atoms with Crippen molar-refractivity contribution in [1.29, 1.82) is 0 Å². The molecule has 60 valence electrons. The van der Waals surface area contributed by atoms with Crippen molar-refractivity contribution in [2.24, 2.45) is 0 Å². The van der Waals surface area contributed by atoms with Crippen molar-refractivity contribution in [2.45, 2.75) is 6.42 Å². The molecule has 0 spiro atoms. The van der Waals surface area contributed by atoms with Gasteiger partial charge in [-0.1, -0.05) is 30.3 Å². The maximum Gasteiger partial charge on any atom is -0.00132 e. The van der Waals surface area contributed by atoms with Crippen LogP contribution < -0.4 is 0 Å². The highest BCUT2D eigenvalue weighted by atomic mass is 14.2. The van der Waals surface area contributed by atoms with E-state index in [0.717, 1.165) is 6.42 Å². The molecule has 13 heavy (non-hydrogen) atoms. The standard InChI is InChI=1S/C13H8/c1-3-7-12-10(5-1)9-11-6-2-4-8-13(11)12/h1,4-8H,9H2. The van der Waals surface area contributed by atoms with Crippen LogP contribution in [0.5, 0.6) is 0 Å². The van der Waals surface area contributed by atoms with Gasteiger partial charge in [0.05, 0.1) is 0 Å². The number of hydrogen-bond acceptors (Lipinski definition) is 0. The van der Waals surface area contributed by atoms with E-state index in [0.29, 0.717) is 0 Å². The number of hydrogen-bond donors (Lipinski definition) is 0. The fourth-order valence-electron chi connectivity index (χ4n) is 1.95. The molecule has 0 nitrogen and oxygen atoms in total. The summed E-state index contributed by atoms with van der Waals surface area (Å²) in [5.41, 5.74) is 5.49. The van der Waals surface area contributed by atoms with Crippen LogP contribution in [0.4, 0.5) is 0 Å². The van der Waals surface area contributed by atoms with Crippen molar-refractivity contribution in [3.8, 4) is 11.1 Å². The van der Waals surface area contributed by atoms with Crippen molar-refractivity contribution >= 4 is 0 Å². The molecule has 0 saturated carbocycles. The molecule has 2 aromatic carbocycles. The lowest BCUT2D eigenvalue weighted by molar-refractivity contribution is 1.26. The smallest absolute Gasteiger partial charge is 0.00132 e. The Morgan fingerprint density at radius 2 is 1.69 bits per heavy atom. The van der Waals surface area contributed by atoms with Gasteiger partial charge in [-0.2, -0.15) is 0 Å². The molecule has 0 heteroatoms. The molecule has 0 N–H and O–H groups in total. The normalized spacial score (nSPS) is 12.3. The molecule has 0 saturated heterocycles. The summed E-state index contributed by atoms with van der Waals surface area (Å²) < 4.78 is 0. The van der Waals surface area contributed by atoms with Gasteiger partial charge in [-0.05, 0) is 46.9 Å². The quantitative estimate of drug-likeness (QED) is 0.479. The highest BCUT2D eigenvalue weighted by Gasteiger charge is 2.15. The van der Waals surface area contributed by atoms with Gasteiger partial charge in [0.25, 0.3) is 0 Å². The summed E-state index contributed by atoms with van der Waals surface area (Å²) in [4.78, 5) is 0. The fourth-order valence-corrected chi connectivity index (χ4v) is 1.95. The van der Waals surface area contributed by atoms with Crippen LogP contribution >= 0.6 is 0 Å². The second-order valence-corrected chi connectivity index (χ2v) is 3.34. The predicted molar refractivity (Wildman–Crippen MR) is 52.4 cm³/mol. The molecular weight excluding hydrogens is 156 g/mol. The summed E-state index contributed by atoms with van der Waals surface area (Å²) in [5, 5.41) is 0. The van der Waals surface area contributed by atoms with E-state index in [9.17, 15) is 0 Å². The Labute approximate surface area is 77.8 Å². The minimum atomic E-state index is 1.05. The Bertz CT molecular complexity index is 412. The lowest BCUT2D eigenvalue weighted by atomic mass is 10.1. The fraction of sp³-hybridized carbons (Fsp3) is 0.0769. The van der Waals surface area contributed by atoms with E-state index in [4.69, 9.17) is 0 Å². The van der Waals surface area contributed by atoms with Gasteiger partial charge in [0.1, 0.15) is 0 Å². The van der Waals surface area contributed by atoms with Gasteiger partial charge in [-0.3, -0.25) is 0 Å². The van der Waals surface area contributed by atoms with Crippen LogP contribution in [0, 0.1) is 12.1 Å². The lowest BCUT2D eigenvalue weighted by Crippen LogP contribution is -1.77. The first-order chi connectivity index (χ1) is 6.45. The first-order valence-electron chi connectivity index (χ1n) is 4.43. The summed E-state index contributed by atoms with van der Waals surface area (Å²) in [6, 6.07) is 18.6. The first-order valence-corrected chi connectivity index (χ1v) is 4.43. The third kappa shape index (κ3) is 0.919. The molecule has 1 aliphatic carbocycles.